The molecule has 0 spiro atoms. The lowest BCUT2D eigenvalue weighted by molar-refractivity contribution is -0.121. The summed E-state index contributed by atoms with van der Waals surface area (Å²) in [6.45, 7) is 0.640. The molecule has 8 heteroatoms. The summed E-state index contributed by atoms with van der Waals surface area (Å²) >= 11 is 3.32. The van der Waals surface area contributed by atoms with Crippen molar-refractivity contribution in [3.63, 3.8) is 0 Å². The van der Waals surface area contributed by atoms with Crippen molar-refractivity contribution in [2.75, 3.05) is 6.54 Å². The summed E-state index contributed by atoms with van der Waals surface area (Å²) in [4.78, 5) is 42.2. The van der Waals surface area contributed by atoms with E-state index in [4.69, 9.17) is 0 Å². The number of amides is 3. The predicted molar refractivity (Wildman–Crippen MR) is 114 cm³/mol. The Hall–Kier alpha value is -3.26. The molecule has 1 aromatic heterocycles. The largest absolute Gasteiger partial charge is 0.352 e. The van der Waals surface area contributed by atoms with Gasteiger partial charge in [-0.1, -0.05) is 28.1 Å². The minimum Gasteiger partial charge on any atom is -0.352 e. The molecule has 0 bridgehead atoms. The summed E-state index contributed by atoms with van der Waals surface area (Å²) in [6.07, 6.45) is 5.96. The van der Waals surface area contributed by atoms with Gasteiger partial charge in [-0.25, -0.2) is 4.98 Å². The molecule has 1 N–H and O–H groups in total. The van der Waals surface area contributed by atoms with Gasteiger partial charge in [0.25, 0.3) is 11.8 Å². The van der Waals surface area contributed by atoms with Crippen LogP contribution in [0.1, 0.15) is 39.1 Å². The van der Waals surface area contributed by atoms with E-state index in [-0.39, 0.29) is 30.7 Å². The average molecular weight is 467 g/mol. The van der Waals surface area contributed by atoms with Crippen molar-refractivity contribution in [1.82, 2.24) is 19.8 Å². The van der Waals surface area contributed by atoms with Gasteiger partial charge in [-0.3, -0.25) is 19.3 Å². The molecule has 0 saturated carbocycles. The number of hydrogen-bond acceptors (Lipinski definition) is 4. The van der Waals surface area contributed by atoms with E-state index in [2.05, 4.69) is 26.2 Å². The number of fused-ring (bicyclic) bond motifs is 1. The fourth-order valence-electron chi connectivity index (χ4n) is 3.35. The van der Waals surface area contributed by atoms with Crippen molar-refractivity contribution in [3.8, 4) is 5.69 Å². The average Bonchev–Trinajstić information content (AvgIpc) is 3.36. The van der Waals surface area contributed by atoms with E-state index in [9.17, 15) is 14.4 Å². The molecule has 3 amide bonds. The Morgan fingerprint density at radius 2 is 1.80 bits per heavy atom. The van der Waals surface area contributed by atoms with Crippen LogP contribution in [0.25, 0.3) is 5.69 Å². The van der Waals surface area contributed by atoms with Gasteiger partial charge >= 0.3 is 0 Å². The summed E-state index contributed by atoms with van der Waals surface area (Å²) in [5.74, 6) is -0.733. The molecule has 0 fully saturated rings. The Labute approximate surface area is 181 Å². The normalized spacial score (nSPS) is 12.9. The number of nitrogens with one attached hydrogen (secondary N) is 1. The van der Waals surface area contributed by atoms with E-state index in [1.165, 1.54) is 4.90 Å². The number of halogens is 1. The molecule has 30 heavy (non-hydrogen) atoms. The van der Waals surface area contributed by atoms with Crippen molar-refractivity contribution >= 4 is 33.7 Å². The maximum atomic E-state index is 12.4. The Bertz CT molecular complexity index is 1090. The Morgan fingerprint density at radius 1 is 1.03 bits per heavy atom. The monoisotopic (exact) mass is 466 g/mol. The minimum atomic E-state index is -0.310. The molecule has 3 aromatic rings. The van der Waals surface area contributed by atoms with Gasteiger partial charge in [-0.2, -0.15) is 0 Å². The Kier molecular flexibility index (Phi) is 5.76. The zero-order chi connectivity index (χ0) is 21.1. The van der Waals surface area contributed by atoms with E-state index in [0.29, 0.717) is 24.1 Å². The summed E-state index contributed by atoms with van der Waals surface area (Å²) in [5, 5.41) is 2.87. The first-order valence-corrected chi connectivity index (χ1v) is 10.3. The fourth-order valence-corrected chi connectivity index (χ4v) is 3.71. The molecule has 0 aliphatic carbocycles. The molecule has 0 atom stereocenters. The second kappa shape index (κ2) is 8.62. The number of carbonyl (C=O) groups is 3. The molecule has 2 aromatic carbocycles. The van der Waals surface area contributed by atoms with Gasteiger partial charge in [0.1, 0.15) is 0 Å². The Balaban J connectivity index is 1.24. The van der Waals surface area contributed by atoms with Crippen LogP contribution in [0.15, 0.2) is 65.7 Å². The van der Waals surface area contributed by atoms with Crippen molar-refractivity contribution in [2.24, 2.45) is 0 Å². The van der Waals surface area contributed by atoms with E-state index < -0.39 is 0 Å². The first-order chi connectivity index (χ1) is 14.5. The highest BCUT2D eigenvalue weighted by molar-refractivity contribution is 9.10. The zero-order valence-corrected chi connectivity index (χ0v) is 17.6. The van der Waals surface area contributed by atoms with Crippen molar-refractivity contribution < 1.29 is 14.4 Å². The number of nitrogens with zero attached hydrogens (tertiary/aromatic N) is 3. The van der Waals surface area contributed by atoms with Gasteiger partial charge < -0.3 is 9.88 Å². The van der Waals surface area contributed by atoms with Gasteiger partial charge in [0.05, 0.1) is 17.5 Å². The molecular formula is C22H19BrN4O3. The predicted octanol–water partition coefficient (Wildman–Crippen LogP) is 3.33. The first-order valence-electron chi connectivity index (χ1n) is 9.52. The van der Waals surface area contributed by atoms with E-state index in [1.54, 1.807) is 30.7 Å². The molecule has 0 unspecified atom stereocenters. The standard InChI is InChI=1S/C22H19BrN4O3/c23-16-5-8-18-19(12-16)22(30)27(21(18)29)10-1-2-20(28)25-13-15-3-6-17(7-4-15)26-11-9-24-14-26/h3-9,11-12,14H,1-2,10,13H2,(H,25,28). The highest BCUT2D eigenvalue weighted by Crippen LogP contribution is 2.26. The van der Waals surface area contributed by atoms with Gasteiger partial charge in [0.2, 0.25) is 5.91 Å². The number of imide groups is 1. The second-order valence-corrected chi connectivity index (χ2v) is 7.88. The summed E-state index contributed by atoms with van der Waals surface area (Å²) < 4.78 is 2.65. The van der Waals surface area contributed by atoms with E-state index in [1.807, 2.05) is 35.0 Å². The van der Waals surface area contributed by atoms with Crippen LogP contribution >= 0.6 is 15.9 Å². The Morgan fingerprint density at radius 3 is 2.53 bits per heavy atom. The third-order valence-electron chi connectivity index (χ3n) is 4.95. The van der Waals surface area contributed by atoms with Crippen LogP contribution in [0.2, 0.25) is 0 Å². The second-order valence-electron chi connectivity index (χ2n) is 6.97. The number of imidazole rings is 1. The van der Waals surface area contributed by atoms with Gasteiger partial charge in [0, 0.05) is 42.1 Å². The molecular weight excluding hydrogens is 448 g/mol. The lowest BCUT2D eigenvalue weighted by Crippen LogP contribution is -2.32. The lowest BCUT2D eigenvalue weighted by atomic mass is 10.1. The van der Waals surface area contributed by atoms with Crippen LogP contribution in [-0.4, -0.2) is 38.7 Å². The number of rotatable bonds is 7. The minimum absolute atomic E-state index is 0.118. The number of hydrogen-bond donors (Lipinski definition) is 1. The molecule has 152 valence electrons. The van der Waals surface area contributed by atoms with Crippen LogP contribution in [0, 0.1) is 0 Å². The molecule has 2 heterocycles. The van der Waals surface area contributed by atoms with Gasteiger partial charge in [-0.15, -0.1) is 0 Å². The van der Waals surface area contributed by atoms with Gasteiger partial charge in [-0.05, 0) is 42.3 Å². The first kappa shape index (κ1) is 20.0. The van der Waals surface area contributed by atoms with E-state index in [0.717, 1.165) is 15.7 Å². The molecule has 1 aliphatic heterocycles. The van der Waals surface area contributed by atoms with Crippen LogP contribution in [-0.2, 0) is 11.3 Å². The van der Waals surface area contributed by atoms with Crippen molar-refractivity contribution in [3.05, 3.63) is 82.3 Å². The molecule has 7 nitrogen and oxygen atoms in total. The molecule has 0 saturated heterocycles. The van der Waals surface area contributed by atoms with Crippen LogP contribution in [0.4, 0.5) is 0 Å². The van der Waals surface area contributed by atoms with Crippen molar-refractivity contribution in [1.29, 1.82) is 0 Å². The highest BCUT2D eigenvalue weighted by Gasteiger charge is 2.35. The van der Waals surface area contributed by atoms with E-state index >= 15 is 0 Å². The maximum Gasteiger partial charge on any atom is 0.261 e. The quantitative estimate of drug-likeness (QED) is 0.541. The molecule has 0 radical (unpaired) electrons. The summed E-state index contributed by atoms with van der Waals surface area (Å²) in [7, 11) is 0. The number of benzene rings is 2. The summed E-state index contributed by atoms with van der Waals surface area (Å²) in [6, 6.07) is 12.9. The lowest BCUT2D eigenvalue weighted by Gasteiger charge is -2.13. The maximum absolute atomic E-state index is 12.4. The third kappa shape index (κ3) is 4.18. The van der Waals surface area contributed by atoms with Crippen LogP contribution < -0.4 is 5.32 Å². The molecule has 1 aliphatic rings. The topological polar surface area (TPSA) is 84.3 Å². The van der Waals surface area contributed by atoms with Crippen molar-refractivity contribution in [2.45, 2.75) is 19.4 Å². The number of aromatic nitrogens is 2. The smallest absolute Gasteiger partial charge is 0.261 e. The SMILES string of the molecule is O=C(CCCN1C(=O)c2ccc(Br)cc2C1=O)NCc1ccc(-n2ccnc2)cc1. The highest BCUT2D eigenvalue weighted by atomic mass is 79.9. The zero-order valence-electron chi connectivity index (χ0n) is 16.0. The summed E-state index contributed by atoms with van der Waals surface area (Å²) in [5.41, 5.74) is 2.79. The van der Waals surface area contributed by atoms with Crippen LogP contribution in [0.5, 0.6) is 0 Å². The third-order valence-corrected chi connectivity index (χ3v) is 5.44. The van der Waals surface area contributed by atoms with Crippen LogP contribution in [0.3, 0.4) is 0 Å². The fraction of sp³-hybridized carbons (Fsp3) is 0.182. The molecule has 4 rings (SSSR count). The van der Waals surface area contributed by atoms with Gasteiger partial charge in [0.15, 0.2) is 0 Å². The number of carbonyl (C=O) groups excluding carboxylic acids is 3.